The van der Waals surface area contributed by atoms with Crippen LogP contribution in [0.4, 0.5) is 24.8 Å². The number of benzene rings is 4. The number of anilines is 2. The predicted molar refractivity (Wildman–Crippen MR) is 155 cm³/mol. The maximum absolute atomic E-state index is 14.4. The lowest BCUT2D eigenvalue weighted by Gasteiger charge is -2.15. The Bertz CT molecular complexity index is 2130. The highest BCUT2D eigenvalue weighted by atomic mass is 19.4. The van der Waals surface area contributed by atoms with Crippen molar-refractivity contribution in [2.75, 3.05) is 5.32 Å². The lowest BCUT2D eigenvalue weighted by atomic mass is 10.0. The average molecular weight is 564 g/mol. The summed E-state index contributed by atoms with van der Waals surface area (Å²) >= 11 is 0. The topological polar surface area (TPSA) is 115 Å². The molecule has 0 unspecified atom stereocenters. The van der Waals surface area contributed by atoms with E-state index < -0.39 is 22.7 Å². The summed E-state index contributed by atoms with van der Waals surface area (Å²) in [7, 11) is 0. The maximum atomic E-state index is 14.4. The van der Waals surface area contributed by atoms with Crippen molar-refractivity contribution in [3.05, 3.63) is 113 Å². The van der Waals surface area contributed by atoms with E-state index in [1.807, 2.05) is 60.7 Å². The zero-order valence-corrected chi connectivity index (χ0v) is 21.6. The first-order chi connectivity index (χ1) is 20.4. The summed E-state index contributed by atoms with van der Waals surface area (Å²) in [6.45, 7) is 0. The summed E-state index contributed by atoms with van der Waals surface area (Å²) in [6, 6.07) is 29.0. The number of alkyl halides is 3. The van der Waals surface area contributed by atoms with Crippen molar-refractivity contribution in [3.63, 3.8) is 0 Å². The Morgan fingerprint density at radius 1 is 0.714 bits per heavy atom. The van der Waals surface area contributed by atoms with Crippen LogP contribution in [0.15, 0.2) is 102 Å². The Morgan fingerprint density at radius 3 is 2.14 bits per heavy atom. The molecule has 0 amide bonds. The van der Waals surface area contributed by atoms with E-state index >= 15 is 0 Å². The third kappa shape index (κ3) is 4.27. The van der Waals surface area contributed by atoms with Gasteiger partial charge >= 0.3 is 6.18 Å². The molecule has 0 bridgehead atoms. The van der Waals surface area contributed by atoms with Gasteiger partial charge in [-0.05, 0) is 29.8 Å². The first kappa shape index (κ1) is 25.3. The molecule has 0 atom stereocenters. The molecular formula is C31H20F3N7O. The van der Waals surface area contributed by atoms with E-state index in [9.17, 15) is 18.0 Å². The van der Waals surface area contributed by atoms with Gasteiger partial charge in [0.2, 0.25) is 0 Å². The van der Waals surface area contributed by atoms with Crippen molar-refractivity contribution in [1.82, 2.24) is 30.4 Å². The van der Waals surface area contributed by atoms with Gasteiger partial charge in [-0.2, -0.15) is 18.3 Å². The van der Waals surface area contributed by atoms with Crippen LogP contribution in [0.5, 0.6) is 0 Å². The van der Waals surface area contributed by atoms with Gasteiger partial charge in [0.25, 0.3) is 5.56 Å². The van der Waals surface area contributed by atoms with Crippen LogP contribution in [0.3, 0.4) is 0 Å². The molecular weight excluding hydrogens is 543 g/mol. The van der Waals surface area contributed by atoms with Crippen LogP contribution >= 0.6 is 0 Å². The Balaban J connectivity index is 1.44. The minimum absolute atomic E-state index is 0.0349. The van der Waals surface area contributed by atoms with Crippen LogP contribution in [0.25, 0.3) is 55.6 Å². The van der Waals surface area contributed by atoms with Crippen LogP contribution in [0.2, 0.25) is 0 Å². The van der Waals surface area contributed by atoms with Gasteiger partial charge in [-0.15, -0.1) is 0 Å². The Kier molecular flexibility index (Phi) is 5.86. The molecule has 7 aromatic rings. The van der Waals surface area contributed by atoms with Crippen LogP contribution in [-0.4, -0.2) is 30.4 Å². The van der Waals surface area contributed by atoms with Crippen molar-refractivity contribution in [1.29, 1.82) is 0 Å². The molecule has 11 heteroatoms. The first-order valence-electron chi connectivity index (χ1n) is 12.9. The van der Waals surface area contributed by atoms with E-state index in [1.54, 1.807) is 24.3 Å². The zero-order chi connectivity index (χ0) is 28.8. The van der Waals surface area contributed by atoms with Crippen LogP contribution in [-0.2, 0) is 6.18 Å². The van der Waals surface area contributed by atoms with E-state index in [4.69, 9.17) is 0 Å². The van der Waals surface area contributed by atoms with Gasteiger partial charge in [-0.3, -0.25) is 20.1 Å². The summed E-state index contributed by atoms with van der Waals surface area (Å²) in [6.07, 6.45) is -4.85. The third-order valence-corrected chi connectivity index (χ3v) is 7.00. The highest BCUT2D eigenvalue weighted by Crippen LogP contribution is 2.41. The van der Waals surface area contributed by atoms with E-state index in [2.05, 4.69) is 35.7 Å². The second kappa shape index (κ2) is 9.73. The number of aromatic amines is 3. The number of rotatable bonds is 5. The van der Waals surface area contributed by atoms with E-state index in [0.717, 1.165) is 22.4 Å². The van der Waals surface area contributed by atoms with Crippen LogP contribution in [0.1, 0.15) is 5.56 Å². The lowest BCUT2D eigenvalue weighted by Crippen LogP contribution is -2.13. The largest absolute Gasteiger partial charge is 0.417 e. The second-order valence-electron chi connectivity index (χ2n) is 9.58. The van der Waals surface area contributed by atoms with Gasteiger partial charge in [-0.25, -0.2) is 9.97 Å². The number of aromatic nitrogens is 6. The molecule has 0 saturated heterocycles. The summed E-state index contributed by atoms with van der Waals surface area (Å²) in [4.78, 5) is 21.4. The predicted octanol–water partition coefficient (Wildman–Crippen LogP) is 7.29. The molecule has 0 spiro atoms. The van der Waals surface area contributed by atoms with Gasteiger partial charge < -0.3 is 5.32 Å². The fourth-order valence-electron chi connectivity index (χ4n) is 5.15. The minimum atomic E-state index is -4.85. The van der Waals surface area contributed by atoms with Gasteiger partial charge in [0.05, 0.1) is 33.2 Å². The Hall–Kier alpha value is -5.71. The smallest absolute Gasteiger partial charge is 0.322 e. The summed E-state index contributed by atoms with van der Waals surface area (Å²) in [5.41, 5.74) is 1.46. The molecule has 0 fully saturated rings. The number of para-hydroxylation sites is 1. The molecule has 206 valence electrons. The molecule has 4 aromatic carbocycles. The van der Waals surface area contributed by atoms with Crippen molar-refractivity contribution >= 4 is 33.4 Å². The standard InChI is InChI=1S/C31H20F3N7O/c32-31(33,34)25-20(15-16-22-24(25)30(42)41-38-22)28-35-21-14-8-7-13-19(21)27(36-28)37-29-23(17-9-3-1-4-10-17)26(39-40-29)18-11-5-2-6-12-18/h1-16H,(H2,38,41,42)(H2,35,36,37,39,40). The number of hydrogen-bond donors (Lipinski definition) is 4. The highest BCUT2D eigenvalue weighted by molar-refractivity contribution is 5.97. The monoisotopic (exact) mass is 563 g/mol. The molecule has 0 aliphatic heterocycles. The fourth-order valence-corrected chi connectivity index (χ4v) is 5.15. The second-order valence-corrected chi connectivity index (χ2v) is 9.58. The van der Waals surface area contributed by atoms with Crippen molar-refractivity contribution in [2.45, 2.75) is 6.18 Å². The molecule has 3 aromatic heterocycles. The van der Waals surface area contributed by atoms with Gasteiger partial charge in [-0.1, -0.05) is 72.8 Å². The van der Waals surface area contributed by atoms with E-state index in [1.165, 1.54) is 12.1 Å². The molecule has 0 aliphatic rings. The maximum Gasteiger partial charge on any atom is 0.417 e. The van der Waals surface area contributed by atoms with Crippen LogP contribution < -0.4 is 10.9 Å². The minimum Gasteiger partial charge on any atom is -0.322 e. The lowest BCUT2D eigenvalue weighted by molar-refractivity contribution is -0.135. The average Bonchev–Trinajstić information content (AvgIpc) is 3.60. The summed E-state index contributed by atoms with van der Waals surface area (Å²) < 4.78 is 43.3. The third-order valence-electron chi connectivity index (χ3n) is 7.00. The van der Waals surface area contributed by atoms with Gasteiger partial charge in [0, 0.05) is 16.5 Å². The number of halogens is 3. The Labute approximate surface area is 235 Å². The van der Waals surface area contributed by atoms with Crippen molar-refractivity contribution in [2.24, 2.45) is 0 Å². The van der Waals surface area contributed by atoms with Gasteiger partial charge in [0.15, 0.2) is 11.6 Å². The number of hydrogen-bond acceptors (Lipinski definition) is 5. The quantitative estimate of drug-likeness (QED) is 0.176. The Morgan fingerprint density at radius 2 is 1.40 bits per heavy atom. The summed E-state index contributed by atoms with van der Waals surface area (Å²) in [5, 5.41) is 15.7. The van der Waals surface area contributed by atoms with Crippen molar-refractivity contribution < 1.29 is 13.2 Å². The number of nitrogens with zero attached hydrogens (tertiary/aromatic N) is 3. The van der Waals surface area contributed by atoms with Crippen molar-refractivity contribution in [3.8, 4) is 33.8 Å². The molecule has 4 N–H and O–H groups in total. The number of nitrogens with one attached hydrogen (secondary N) is 4. The molecule has 3 heterocycles. The zero-order valence-electron chi connectivity index (χ0n) is 21.6. The molecule has 0 saturated carbocycles. The molecule has 8 nitrogen and oxygen atoms in total. The molecule has 0 aliphatic carbocycles. The summed E-state index contributed by atoms with van der Waals surface area (Å²) in [5.74, 6) is 0.504. The molecule has 42 heavy (non-hydrogen) atoms. The first-order valence-corrected chi connectivity index (χ1v) is 12.9. The molecule has 7 rings (SSSR count). The highest BCUT2D eigenvalue weighted by Gasteiger charge is 2.38. The van der Waals surface area contributed by atoms with Gasteiger partial charge in [0.1, 0.15) is 5.82 Å². The number of H-pyrrole nitrogens is 3. The van der Waals surface area contributed by atoms with Crippen LogP contribution in [0, 0.1) is 0 Å². The molecule has 0 radical (unpaired) electrons. The van der Waals surface area contributed by atoms with E-state index in [-0.39, 0.29) is 22.7 Å². The normalized spacial score (nSPS) is 11.8. The number of fused-ring (bicyclic) bond motifs is 2. The van der Waals surface area contributed by atoms with E-state index in [0.29, 0.717) is 16.7 Å². The SMILES string of the molecule is O=c1[nH][nH]c2ccc(-c3nc(Nc4n[nH]c(-c5ccccc5)c4-c4ccccc4)c4ccccc4n3)c(C(F)(F)F)c12. The fraction of sp³-hybridized carbons (Fsp3) is 0.0323.